The van der Waals surface area contributed by atoms with E-state index >= 15 is 0 Å². The Morgan fingerprint density at radius 2 is 2.04 bits per heavy atom. The number of ether oxygens (including phenoxy) is 1. The summed E-state index contributed by atoms with van der Waals surface area (Å²) in [4.78, 5) is 19.8. The summed E-state index contributed by atoms with van der Waals surface area (Å²) in [5, 5.41) is 0.874. The average Bonchev–Trinajstić information content (AvgIpc) is 3.38. The monoisotopic (exact) mass is 390 g/mol. The fraction of sp³-hybridized carbons (Fsp3) is 0.444. The van der Waals surface area contributed by atoms with Crippen molar-refractivity contribution < 1.29 is 13.9 Å². The molecule has 0 N–H and O–H groups in total. The molecule has 0 unspecified atom stereocenters. The van der Waals surface area contributed by atoms with E-state index in [9.17, 15) is 9.18 Å². The van der Waals surface area contributed by atoms with Gasteiger partial charge in [0.15, 0.2) is 0 Å². The highest BCUT2D eigenvalue weighted by Gasteiger charge is 2.55. The molecule has 1 amide bonds. The zero-order valence-electron chi connectivity index (χ0n) is 13.0. The molecule has 5 rings (SSSR count). The quantitative estimate of drug-likeness (QED) is 0.745. The number of carbonyl (C=O) groups excluding carboxylic acids is 1. The van der Waals surface area contributed by atoms with Crippen LogP contribution >= 0.6 is 15.9 Å². The van der Waals surface area contributed by atoms with Gasteiger partial charge in [-0.05, 0) is 47.7 Å². The van der Waals surface area contributed by atoms with Gasteiger partial charge in [0.25, 0.3) is 0 Å². The molecule has 0 atom stereocenters. The van der Waals surface area contributed by atoms with E-state index in [0.29, 0.717) is 42.1 Å². The largest absolute Gasteiger partial charge is 0.381 e. The molecule has 3 aliphatic rings. The Bertz CT molecular complexity index is 875. The highest BCUT2D eigenvalue weighted by Crippen LogP contribution is 2.53. The standard InChI is InChI=1S/C18H16BrFN2O2/c19-12-7-11-14(8-13(12)20)21-9-15-16(11)18(3-5-24-6-4-18)17(23)22(15)10-1-2-10/h7-10H,1-6H2. The maximum atomic E-state index is 13.9. The van der Waals surface area contributed by atoms with Crippen molar-refractivity contribution in [3.63, 3.8) is 0 Å². The Morgan fingerprint density at radius 3 is 2.75 bits per heavy atom. The molecule has 1 saturated carbocycles. The number of hydrogen-bond donors (Lipinski definition) is 0. The molecule has 3 heterocycles. The Balaban J connectivity index is 1.83. The molecule has 0 radical (unpaired) electrons. The van der Waals surface area contributed by atoms with Crippen LogP contribution in [0.25, 0.3) is 10.9 Å². The van der Waals surface area contributed by atoms with E-state index < -0.39 is 5.41 Å². The van der Waals surface area contributed by atoms with Crippen LogP contribution in [0.3, 0.4) is 0 Å². The van der Waals surface area contributed by atoms with Gasteiger partial charge in [0, 0.05) is 36.3 Å². The molecule has 2 fully saturated rings. The molecule has 24 heavy (non-hydrogen) atoms. The van der Waals surface area contributed by atoms with Gasteiger partial charge in [-0.15, -0.1) is 0 Å². The molecule has 1 aromatic heterocycles. The van der Waals surface area contributed by atoms with Crippen molar-refractivity contribution in [2.45, 2.75) is 37.1 Å². The normalized spacial score (nSPS) is 22.4. The van der Waals surface area contributed by atoms with Gasteiger partial charge in [-0.1, -0.05) is 0 Å². The SMILES string of the molecule is O=C1N(C2CC2)c2cnc3cc(F)c(Br)cc3c2C12CCOCC2. The van der Waals surface area contributed by atoms with Gasteiger partial charge in [0.05, 0.1) is 27.3 Å². The molecule has 6 heteroatoms. The maximum Gasteiger partial charge on any atom is 0.238 e. The van der Waals surface area contributed by atoms with Gasteiger partial charge in [-0.2, -0.15) is 0 Å². The number of anilines is 1. The van der Waals surface area contributed by atoms with Crippen molar-refractivity contribution in [2.75, 3.05) is 18.1 Å². The maximum absolute atomic E-state index is 13.9. The van der Waals surface area contributed by atoms with Crippen LogP contribution in [-0.2, 0) is 14.9 Å². The van der Waals surface area contributed by atoms with Gasteiger partial charge in [-0.3, -0.25) is 9.78 Å². The van der Waals surface area contributed by atoms with E-state index in [2.05, 4.69) is 20.9 Å². The smallest absolute Gasteiger partial charge is 0.238 e. The first-order valence-corrected chi connectivity index (χ1v) is 9.11. The minimum Gasteiger partial charge on any atom is -0.381 e. The minimum absolute atomic E-state index is 0.179. The average molecular weight is 391 g/mol. The molecular formula is C18H16BrFN2O2. The van der Waals surface area contributed by atoms with Crippen molar-refractivity contribution in [3.8, 4) is 0 Å². The van der Waals surface area contributed by atoms with Gasteiger partial charge in [0.1, 0.15) is 5.82 Å². The Kier molecular flexibility index (Phi) is 3.07. The van der Waals surface area contributed by atoms with Crippen molar-refractivity contribution in [1.29, 1.82) is 0 Å². The molecule has 1 saturated heterocycles. The lowest BCUT2D eigenvalue weighted by Gasteiger charge is -2.33. The number of aromatic nitrogens is 1. The van der Waals surface area contributed by atoms with Gasteiger partial charge < -0.3 is 9.64 Å². The van der Waals surface area contributed by atoms with E-state index in [4.69, 9.17) is 4.74 Å². The Labute approximate surface area is 147 Å². The second-order valence-electron chi connectivity index (χ2n) is 6.90. The van der Waals surface area contributed by atoms with Crippen LogP contribution in [0.1, 0.15) is 31.2 Å². The summed E-state index contributed by atoms with van der Waals surface area (Å²) in [7, 11) is 0. The van der Waals surface area contributed by atoms with Gasteiger partial charge in [-0.25, -0.2) is 4.39 Å². The third kappa shape index (κ3) is 1.87. The minimum atomic E-state index is -0.547. The lowest BCUT2D eigenvalue weighted by molar-refractivity contribution is -0.126. The zero-order valence-corrected chi connectivity index (χ0v) is 14.6. The molecule has 0 bridgehead atoms. The predicted octanol–water partition coefficient (Wildman–Crippen LogP) is 3.69. The van der Waals surface area contributed by atoms with Crippen LogP contribution in [0.5, 0.6) is 0 Å². The molecule has 1 spiro atoms. The topological polar surface area (TPSA) is 42.4 Å². The lowest BCUT2D eigenvalue weighted by Crippen LogP contribution is -2.44. The number of rotatable bonds is 1. The predicted molar refractivity (Wildman–Crippen MR) is 91.6 cm³/mol. The molecule has 1 aliphatic carbocycles. The first-order valence-electron chi connectivity index (χ1n) is 8.31. The number of amides is 1. The number of nitrogens with zero attached hydrogens (tertiary/aromatic N) is 2. The van der Waals surface area contributed by atoms with Crippen molar-refractivity contribution in [2.24, 2.45) is 0 Å². The molecule has 4 nitrogen and oxygen atoms in total. The summed E-state index contributed by atoms with van der Waals surface area (Å²) in [6.07, 6.45) is 5.20. The number of benzene rings is 1. The van der Waals surface area contributed by atoms with Crippen LogP contribution in [0.2, 0.25) is 0 Å². The molecule has 124 valence electrons. The number of fused-ring (bicyclic) bond motifs is 4. The van der Waals surface area contributed by atoms with E-state index in [1.807, 2.05) is 4.90 Å². The Hall–Kier alpha value is -1.53. The summed E-state index contributed by atoms with van der Waals surface area (Å²) in [5.74, 6) is -0.155. The van der Waals surface area contributed by atoms with Crippen LogP contribution in [0.15, 0.2) is 22.8 Å². The highest BCUT2D eigenvalue weighted by molar-refractivity contribution is 9.10. The summed E-state index contributed by atoms with van der Waals surface area (Å²) in [6.45, 7) is 1.16. The van der Waals surface area contributed by atoms with E-state index in [0.717, 1.165) is 29.5 Å². The second kappa shape index (κ2) is 4.99. The third-order valence-corrected chi connectivity index (χ3v) is 6.12. The first-order chi connectivity index (χ1) is 11.6. The van der Waals surface area contributed by atoms with Crippen molar-refractivity contribution in [1.82, 2.24) is 4.98 Å². The van der Waals surface area contributed by atoms with E-state index in [1.54, 1.807) is 12.3 Å². The van der Waals surface area contributed by atoms with Crippen LogP contribution < -0.4 is 4.90 Å². The van der Waals surface area contributed by atoms with Crippen LogP contribution in [-0.4, -0.2) is 30.1 Å². The second-order valence-corrected chi connectivity index (χ2v) is 7.76. The number of pyridine rings is 1. The van der Waals surface area contributed by atoms with Crippen LogP contribution in [0.4, 0.5) is 10.1 Å². The lowest BCUT2D eigenvalue weighted by atomic mass is 9.74. The summed E-state index contributed by atoms with van der Waals surface area (Å²) >= 11 is 3.28. The van der Waals surface area contributed by atoms with Crippen molar-refractivity contribution >= 4 is 38.4 Å². The van der Waals surface area contributed by atoms with E-state index in [-0.39, 0.29) is 11.7 Å². The van der Waals surface area contributed by atoms with Crippen LogP contribution in [0, 0.1) is 5.82 Å². The number of hydrogen-bond acceptors (Lipinski definition) is 3. The molecule has 1 aromatic carbocycles. The van der Waals surface area contributed by atoms with Gasteiger partial charge in [0.2, 0.25) is 5.91 Å². The number of carbonyl (C=O) groups is 1. The summed E-state index contributed by atoms with van der Waals surface area (Å²) < 4.78 is 19.9. The Morgan fingerprint density at radius 1 is 1.29 bits per heavy atom. The van der Waals surface area contributed by atoms with Crippen molar-refractivity contribution in [3.05, 3.63) is 34.2 Å². The summed E-state index contributed by atoms with van der Waals surface area (Å²) in [6, 6.07) is 3.51. The zero-order chi connectivity index (χ0) is 16.5. The summed E-state index contributed by atoms with van der Waals surface area (Å²) in [5.41, 5.74) is 1.99. The first kappa shape index (κ1) is 14.8. The third-order valence-electron chi connectivity index (χ3n) is 5.51. The number of halogens is 2. The fourth-order valence-corrected chi connectivity index (χ4v) is 4.53. The molecule has 2 aromatic rings. The molecule has 2 aliphatic heterocycles. The fourth-order valence-electron chi connectivity index (χ4n) is 4.19. The highest BCUT2D eigenvalue weighted by atomic mass is 79.9. The molecular weight excluding hydrogens is 375 g/mol. The van der Waals surface area contributed by atoms with E-state index in [1.165, 1.54) is 6.07 Å². The van der Waals surface area contributed by atoms with Gasteiger partial charge >= 0.3 is 0 Å².